The van der Waals surface area contributed by atoms with E-state index >= 15 is 0 Å². The Kier molecular flexibility index (Phi) is 16.6. The van der Waals surface area contributed by atoms with Gasteiger partial charge in [0, 0.05) is 37.9 Å². The summed E-state index contributed by atoms with van der Waals surface area (Å²) in [5, 5.41) is 0. The maximum absolute atomic E-state index is 4.54. The van der Waals surface area contributed by atoms with Crippen molar-refractivity contribution in [3.05, 3.63) is 96.3 Å². The number of hydrogen-bond donors (Lipinski definition) is 0. The van der Waals surface area contributed by atoms with Crippen molar-refractivity contribution in [3.63, 3.8) is 0 Å². The lowest BCUT2D eigenvalue weighted by Gasteiger charge is -2.28. The number of aromatic nitrogens is 2. The van der Waals surface area contributed by atoms with E-state index in [9.17, 15) is 0 Å². The largest absolute Gasteiger partial charge is 0.351 e. The minimum Gasteiger partial charge on any atom is -0.351 e. The lowest BCUT2D eigenvalue weighted by molar-refractivity contribution is 0.728. The average molecular weight is 599 g/mol. The normalized spacial score (nSPS) is 15.3. The van der Waals surface area contributed by atoms with Crippen molar-refractivity contribution in [3.8, 4) is 0 Å². The molecule has 0 saturated heterocycles. The molecule has 0 unspecified atom stereocenters. The molecule has 6 heteroatoms. The Hall–Kier alpha value is -4.06. The third-order valence-electron chi connectivity index (χ3n) is 7.35. The molecule has 0 fully saturated rings. The van der Waals surface area contributed by atoms with E-state index in [0.29, 0.717) is 0 Å². The lowest BCUT2D eigenvalue weighted by atomic mass is 10.1. The van der Waals surface area contributed by atoms with Gasteiger partial charge in [-0.2, -0.15) is 0 Å². The number of para-hydroxylation sites is 2. The van der Waals surface area contributed by atoms with Gasteiger partial charge in [-0.1, -0.05) is 91.8 Å². The summed E-state index contributed by atoms with van der Waals surface area (Å²) < 4.78 is 0. The predicted octanol–water partition coefficient (Wildman–Crippen LogP) is 10.8. The van der Waals surface area contributed by atoms with E-state index in [1.165, 1.54) is 33.9 Å². The first-order chi connectivity index (χ1) is 21.4. The maximum Gasteiger partial charge on any atom is 0.158 e. The lowest BCUT2D eigenvalue weighted by Crippen LogP contribution is -2.36. The van der Waals surface area contributed by atoms with E-state index < -0.39 is 0 Å². The molecule has 240 valence electrons. The molecule has 2 aliphatic rings. The van der Waals surface area contributed by atoms with Crippen molar-refractivity contribution >= 4 is 34.4 Å². The number of benzene rings is 2. The van der Waals surface area contributed by atoms with Crippen LogP contribution in [0.5, 0.6) is 0 Å². The van der Waals surface area contributed by atoms with Gasteiger partial charge in [0.05, 0.1) is 11.4 Å². The fourth-order valence-corrected chi connectivity index (χ4v) is 5.11. The molecule has 2 aromatic carbocycles. The number of fused-ring (bicyclic) bond motifs is 2. The van der Waals surface area contributed by atoms with Gasteiger partial charge in [0.25, 0.3) is 0 Å². The molecule has 4 aromatic rings. The first kappa shape index (κ1) is 38.0. The minimum atomic E-state index is 0.288. The van der Waals surface area contributed by atoms with Crippen LogP contribution >= 0.6 is 0 Å². The molecule has 2 aromatic heterocycles. The van der Waals surface area contributed by atoms with Gasteiger partial charge in [-0.3, -0.25) is 0 Å². The highest BCUT2D eigenvalue weighted by molar-refractivity contribution is 5.82. The highest BCUT2D eigenvalue weighted by Gasteiger charge is 2.34. The molecule has 2 atom stereocenters. The molecular formula is C38H58N6. The molecular weight excluding hydrogens is 540 g/mol. The van der Waals surface area contributed by atoms with Crippen LogP contribution in [0.2, 0.25) is 0 Å². The van der Waals surface area contributed by atoms with E-state index in [0.717, 1.165) is 11.6 Å². The van der Waals surface area contributed by atoms with Gasteiger partial charge in [0.2, 0.25) is 0 Å². The topological polar surface area (TPSA) is 38.7 Å². The van der Waals surface area contributed by atoms with Crippen molar-refractivity contribution in [2.45, 2.75) is 95.4 Å². The Morgan fingerprint density at radius 3 is 1.34 bits per heavy atom. The smallest absolute Gasteiger partial charge is 0.158 e. The standard InChI is InChI=1S/2C15H17N3.4C2H6/c1-11-7-4-5-8-13(11)18-12(2)17(3)15-14(18)9-6-10-16-15;1-11-7-4-5-8-13(11)18-12(2)17(3)14-9-6-10-16-15(14)18;4*1-2/h2*4-10,12H,1-3H3;4*1-2H3/t2*12-;;;;/m00..../s1. The van der Waals surface area contributed by atoms with Crippen LogP contribution in [-0.4, -0.2) is 36.4 Å². The van der Waals surface area contributed by atoms with Gasteiger partial charge in [-0.05, 0) is 75.2 Å². The Morgan fingerprint density at radius 2 is 0.841 bits per heavy atom. The Morgan fingerprint density at radius 1 is 0.455 bits per heavy atom. The first-order valence-electron chi connectivity index (χ1n) is 16.5. The second-order valence-electron chi connectivity index (χ2n) is 9.49. The maximum atomic E-state index is 4.54. The second kappa shape index (κ2) is 19.3. The number of aryl methyl sites for hydroxylation is 2. The summed E-state index contributed by atoms with van der Waals surface area (Å²) in [7, 11) is 4.21. The summed E-state index contributed by atoms with van der Waals surface area (Å²) in [4.78, 5) is 18.1. The quantitative estimate of drug-likeness (QED) is 0.228. The third kappa shape index (κ3) is 8.10. The predicted molar refractivity (Wildman–Crippen MR) is 196 cm³/mol. The van der Waals surface area contributed by atoms with Crippen LogP contribution in [0.4, 0.5) is 34.4 Å². The van der Waals surface area contributed by atoms with Gasteiger partial charge in [0.1, 0.15) is 12.3 Å². The van der Waals surface area contributed by atoms with Gasteiger partial charge in [-0.15, -0.1) is 0 Å². The molecule has 4 heterocycles. The van der Waals surface area contributed by atoms with Crippen LogP contribution in [0.1, 0.15) is 80.4 Å². The summed E-state index contributed by atoms with van der Waals surface area (Å²) in [6.07, 6.45) is 4.28. The zero-order chi connectivity index (χ0) is 33.4. The molecule has 0 radical (unpaired) electrons. The highest BCUT2D eigenvalue weighted by Crippen LogP contribution is 2.43. The first-order valence-corrected chi connectivity index (χ1v) is 16.5. The number of hydrogen-bond acceptors (Lipinski definition) is 6. The summed E-state index contributed by atoms with van der Waals surface area (Å²) >= 11 is 0. The molecule has 6 rings (SSSR count). The molecule has 0 N–H and O–H groups in total. The molecule has 44 heavy (non-hydrogen) atoms. The summed E-state index contributed by atoms with van der Waals surface area (Å²) in [5.41, 5.74) is 7.42. The van der Waals surface area contributed by atoms with Crippen molar-refractivity contribution in [2.75, 3.05) is 33.7 Å². The molecule has 0 amide bonds. The zero-order valence-corrected chi connectivity index (χ0v) is 29.9. The molecule has 2 aliphatic heterocycles. The molecule has 0 aliphatic carbocycles. The van der Waals surface area contributed by atoms with Crippen molar-refractivity contribution in [1.82, 2.24) is 9.97 Å². The summed E-state index contributed by atoms with van der Waals surface area (Å²) in [6.45, 7) is 24.7. The molecule has 0 bridgehead atoms. The van der Waals surface area contributed by atoms with Crippen molar-refractivity contribution < 1.29 is 0 Å². The van der Waals surface area contributed by atoms with Crippen molar-refractivity contribution in [1.29, 1.82) is 0 Å². The van der Waals surface area contributed by atoms with Crippen LogP contribution < -0.4 is 19.6 Å². The number of pyridine rings is 2. The summed E-state index contributed by atoms with van der Waals surface area (Å²) in [6, 6.07) is 25.2. The SMILES string of the molecule is CC.CC.CC.CC.Cc1ccccc1N1c2cccnc2N(C)[C@@H]1C.Cc1ccccc1N1c2ncccc2N(C)[C@@H]1C. The van der Waals surface area contributed by atoms with Gasteiger partial charge < -0.3 is 19.6 Å². The number of nitrogens with zero attached hydrogens (tertiary/aromatic N) is 6. The van der Waals surface area contributed by atoms with E-state index in [1.807, 2.05) is 79.9 Å². The average Bonchev–Trinajstić information content (AvgIpc) is 3.50. The fraction of sp³-hybridized carbons (Fsp3) is 0.421. The van der Waals surface area contributed by atoms with Crippen LogP contribution in [0.25, 0.3) is 0 Å². The van der Waals surface area contributed by atoms with Gasteiger partial charge >= 0.3 is 0 Å². The Bertz CT molecular complexity index is 1270. The Labute approximate surface area is 269 Å². The van der Waals surface area contributed by atoms with E-state index in [1.54, 1.807) is 0 Å². The van der Waals surface area contributed by atoms with E-state index in [-0.39, 0.29) is 12.3 Å². The van der Waals surface area contributed by atoms with Crippen molar-refractivity contribution in [2.24, 2.45) is 0 Å². The van der Waals surface area contributed by atoms with Crippen LogP contribution in [0.15, 0.2) is 85.2 Å². The number of rotatable bonds is 2. The van der Waals surface area contributed by atoms with E-state index in [2.05, 4.69) is 132 Å². The minimum absolute atomic E-state index is 0.288. The third-order valence-corrected chi connectivity index (χ3v) is 7.35. The van der Waals surface area contributed by atoms with Crippen LogP contribution in [0, 0.1) is 13.8 Å². The zero-order valence-electron chi connectivity index (χ0n) is 29.9. The second-order valence-corrected chi connectivity index (χ2v) is 9.49. The number of anilines is 6. The molecule has 0 spiro atoms. The summed E-state index contributed by atoms with van der Waals surface area (Å²) in [5.74, 6) is 2.09. The Balaban J connectivity index is 0.000000359. The fourth-order valence-electron chi connectivity index (χ4n) is 5.11. The molecule has 6 nitrogen and oxygen atoms in total. The van der Waals surface area contributed by atoms with E-state index in [4.69, 9.17) is 0 Å². The monoisotopic (exact) mass is 598 g/mol. The van der Waals surface area contributed by atoms with Crippen LogP contribution in [0.3, 0.4) is 0 Å². The van der Waals surface area contributed by atoms with Gasteiger partial charge in [0.15, 0.2) is 11.6 Å². The van der Waals surface area contributed by atoms with Crippen LogP contribution in [-0.2, 0) is 0 Å². The highest BCUT2D eigenvalue weighted by atomic mass is 15.4. The van der Waals surface area contributed by atoms with Gasteiger partial charge in [-0.25, -0.2) is 9.97 Å². The molecule has 0 saturated carbocycles.